The predicted molar refractivity (Wildman–Crippen MR) is 86.3 cm³/mol. The van der Waals surface area contributed by atoms with Crippen molar-refractivity contribution in [3.05, 3.63) is 70.9 Å². The Hall–Kier alpha value is -2.52. The van der Waals surface area contributed by atoms with Gasteiger partial charge in [0, 0.05) is 16.1 Å². The molecule has 0 aliphatic heterocycles. The molecule has 0 bridgehead atoms. The first kappa shape index (κ1) is 14.4. The third kappa shape index (κ3) is 2.51. The second-order valence-corrected chi connectivity index (χ2v) is 5.36. The monoisotopic (exact) mass is 312 g/mol. The highest BCUT2D eigenvalue weighted by molar-refractivity contribution is 6.30. The smallest absolute Gasteiger partial charge is 0.340 e. The molecule has 0 aliphatic rings. The van der Waals surface area contributed by atoms with Gasteiger partial charge >= 0.3 is 5.97 Å². The largest absolute Gasteiger partial charge is 0.478 e. The third-order valence-electron chi connectivity index (χ3n) is 3.45. The van der Waals surface area contributed by atoms with Crippen LogP contribution in [0.3, 0.4) is 0 Å². The van der Waals surface area contributed by atoms with Crippen LogP contribution in [0.25, 0.3) is 22.5 Å². The normalized spacial score (nSPS) is 10.6. The minimum atomic E-state index is -1.02. The molecular weight excluding hydrogens is 300 g/mol. The molecule has 3 aromatic rings. The van der Waals surface area contributed by atoms with E-state index >= 15 is 0 Å². The van der Waals surface area contributed by atoms with E-state index in [0.717, 1.165) is 5.56 Å². The lowest BCUT2D eigenvalue weighted by atomic mass is 9.98. The Morgan fingerprint density at radius 1 is 1.05 bits per heavy atom. The van der Waals surface area contributed by atoms with Gasteiger partial charge in [0.15, 0.2) is 0 Å². The summed E-state index contributed by atoms with van der Waals surface area (Å²) in [5, 5.41) is 10.2. The Labute approximate surface area is 132 Å². The van der Waals surface area contributed by atoms with E-state index in [2.05, 4.69) is 0 Å². The lowest BCUT2D eigenvalue weighted by molar-refractivity contribution is 0.0698. The molecule has 110 valence electrons. The molecular formula is C18H13ClO3. The fourth-order valence-electron chi connectivity index (χ4n) is 2.53. The fraction of sp³-hybridized carbons (Fsp3) is 0.0556. The summed E-state index contributed by atoms with van der Waals surface area (Å²) < 4.78 is 5.76. The molecule has 0 aliphatic carbocycles. The second kappa shape index (κ2) is 5.70. The maximum atomic E-state index is 11.8. The molecule has 1 aromatic heterocycles. The van der Waals surface area contributed by atoms with Crippen molar-refractivity contribution >= 4 is 17.6 Å². The van der Waals surface area contributed by atoms with E-state index in [1.807, 2.05) is 30.3 Å². The van der Waals surface area contributed by atoms with Gasteiger partial charge < -0.3 is 9.52 Å². The van der Waals surface area contributed by atoms with Crippen LogP contribution in [0.5, 0.6) is 0 Å². The van der Waals surface area contributed by atoms with E-state index in [1.54, 1.807) is 31.2 Å². The average molecular weight is 313 g/mol. The van der Waals surface area contributed by atoms with Gasteiger partial charge in [0.25, 0.3) is 0 Å². The van der Waals surface area contributed by atoms with Crippen LogP contribution in [0.15, 0.2) is 59.0 Å². The molecule has 0 radical (unpaired) electrons. The van der Waals surface area contributed by atoms with E-state index in [0.29, 0.717) is 27.7 Å². The summed E-state index contributed by atoms with van der Waals surface area (Å²) in [6, 6.07) is 16.3. The fourth-order valence-corrected chi connectivity index (χ4v) is 2.72. The zero-order chi connectivity index (χ0) is 15.7. The maximum absolute atomic E-state index is 11.8. The number of carbonyl (C=O) groups is 1. The number of furan rings is 1. The van der Waals surface area contributed by atoms with Gasteiger partial charge in [-0.2, -0.15) is 0 Å². The van der Waals surface area contributed by atoms with Gasteiger partial charge in [-0.3, -0.25) is 0 Å². The highest BCUT2D eigenvalue weighted by Gasteiger charge is 2.25. The first-order valence-corrected chi connectivity index (χ1v) is 7.13. The van der Waals surface area contributed by atoms with E-state index in [9.17, 15) is 9.90 Å². The van der Waals surface area contributed by atoms with Crippen LogP contribution >= 0.6 is 11.6 Å². The number of carboxylic acid groups (broad SMARTS) is 1. The van der Waals surface area contributed by atoms with E-state index in [-0.39, 0.29) is 5.56 Å². The molecule has 4 heteroatoms. The SMILES string of the molecule is Cc1oc(-c2cccc(Cl)c2)c(C(=O)O)c1-c1ccccc1. The number of aryl methyl sites for hydroxylation is 1. The van der Waals surface area contributed by atoms with E-state index in [4.69, 9.17) is 16.0 Å². The van der Waals surface area contributed by atoms with Gasteiger partial charge in [0.2, 0.25) is 0 Å². The van der Waals surface area contributed by atoms with Crippen molar-refractivity contribution in [2.45, 2.75) is 6.92 Å². The lowest BCUT2D eigenvalue weighted by Crippen LogP contribution is -1.99. The summed E-state index contributed by atoms with van der Waals surface area (Å²) in [6.07, 6.45) is 0. The van der Waals surface area contributed by atoms with Gasteiger partial charge in [-0.05, 0) is 24.6 Å². The first-order valence-electron chi connectivity index (χ1n) is 6.76. The minimum Gasteiger partial charge on any atom is -0.478 e. The molecule has 22 heavy (non-hydrogen) atoms. The lowest BCUT2D eigenvalue weighted by Gasteiger charge is -2.03. The summed E-state index contributed by atoms with van der Waals surface area (Å²) in [5.41, 5.74) is 2.22. The van der Waals surface area contributed by atoms with Crippen LogP contribution in [0.4, 0.5) is 0 Å². The van der Waals surface area contributed by atoms with Gasteiger partial charge in [-0.15, -0.1) is 0 Å². The Morgan fingerprint density at radius 3 is 2.36 bits per heavy atom. The Morgan fingerprint density at radius 2 is 1.73 bits per heavy atom. The highest BCUT2D eigenvalue weighted by Crippen LogP contribution is 2.38. The van der Waals surface area contributed by atoms with Gasteiger partial charge in [0.1, 0.15) is 17.1 Å². The zero-order valence-corrected chi connectivity index (χ0v) is 12.6. The molecule has 2 aromatic carbocycles. The Balaban J connectivity index is 2.28. The van der Waals surface area contributed by atoms with Crippen LogP contribution in [-0.4, -0.2) is 11.1 Å². The molecule has 0 amide bonds. The summed E-state index contributed by atoms with van der Waals surface area (Å²) >= 11 is 6.00. The maximum Gasteiger partial charge on any atom is 0.340 e. The number of aromatic carboxylic acids is 1. The Kier molecular flexibility index (Phi) is 3.73. The van der Waals surface area contributed by atoms with Crippen molar-refractivity contribution in [2.75, 3.05) is 0 Å². The average Bonchev–Trinajstić information content (AvgIpc) is 2.86. The van der Waals surface area contributed by atoms with Crippen molar-refractivity contribution in [3.63, 3.8) is 0 Å². The topological polar surface area (TPSA) is 50.4 Å². The minimum absolute atomic E-state index is 0.158. The number of rotatable bonds is 3. The highest BCUT2D eigenvalue weighted by atomic mass is 35.5. The summed E-state index contributed by atoms with van der Waals surface area (Å²) in [6.45, 7) is 1.77. The van der Waals surface area contributed by atoms with Crippen molar-refractivity contribution in [3.8, 4) is 22.5 Å². The molecule has 0 unspecified atom stereocenters. The molecule has 0 atom stereocenters. The van der Waals surface area contributed by atoms with Crippen molar-refractivity contribution < 1.29 is 14.3 Å². The molecule has 0 spiro atoms. The van der Waals surface area contributed by atoms with Gasteiger partial charge in [0.05, 0.1) is 0 Å². The third-order valence-corrected chi connectivity index (χ3v) is 3.68. The number of benzene rings is 2. The van der Waals surface area contributed by atoms with Crippen LogP contribution in [-0.2, 0) is 0 Å². The van der Waals surface area contributed by atoms with Crippen molar-refractivity contribution in [1.29, 1.82) is 0 Å². The number of hydrogen-bond acceptors (Lipinski definition) is 2. The number of carboxylic acids is 1. The Bertz CT molecular complexity index is 835. The molecule has 0 fully saturated rings. The van der Waals surface area contributed by atoms with Crippen LogP contribution in [0.2, 0.25) is 5.02 Å². The van der Waals surface area contributed by atoms with E-state index < -0.39 is 5.97 Å². The molecule has 0 saturated carbocycles. The van der Waals surface area contributed by atoms with Crippen molar-refractivity contribution in [2.24, 2.45) is 0 Å². The number of hydrogen-bond donors (Lipinski definition) is 1. The zero-order valence-electron chi connectivity index (χ0n) is 11.8. The second-order valence-electron chi connectivity index (χ2n) is 4.92. The quantitative estimate of drug-likeness (QED) is 0.716. The van der Waals surface area contributed by atoms with Gasteiger partial charge in [-0.1, -0.05) is 54.1 Å². The summed E-state index contributed by atoms with van der Waals surface area (Å²) in [7, 11) is 0. The summed E-state index contributed by atoms with van der Waals surface area (Å²) in [5.74, 6) is -0.129. The molecule has 1 N–H and O–H groups in total. The molecule has 0 saturated heterocycles. The molecule has 3 nitrogen and oxygen atoms in total. The van der Waals surface area contributed by atoms with Crippen LogP contribution in [0, 0.1) is 6.92 Å². The summed E-state index contributed by atoms with van der Waals surface area (Å²) in [4.78, 5) is 11.8. The predicted octanol–water partition coefficient (Wildman–Crippen LogP) is 5.27. The molecule has 3 rings (SSSR count). The van der Waals surface area contributed by atoms with E-state index in [1.165, 1.54) is 0 Å². The first-order chi connectivity index (χ1) is 10.6. The van der Waals surface area contributed by atoms with Gasteiger partial charge in [-0.25, -0.2) is 4.79 Å². The van der Waals surface area contributed by atoms with Crippen LogP contribution < -0.4 is 0 Å². The number of halogens is 1. The molecule has 1 heterocycles. The standard InChI is InChI=1S/C18H13ClO3/c1-11-15(12-6-3-2-4-7-12)16(18(20)21)17(22-11)13-8-5-9-14(19)10-13/h2-10H,1H3,(H,20,21). The van der Waals surface area contributed by atoms with Crippen LogP contribution in [0.1, 0.15) is 16.1 Å². The van der Waals surface area contributed by atoms with Crippen molar-refractivity contribution in [1.82, 2.24) is 0 Å².